The second kappa shape index (κ2) is 7.46. The number of amides is 1. The Morgan fingerprint density at radius 2 is 2.00 bits per heavy atom. The topological polar surface area (TPSA) is 32.3 Å². The van der Waals surface area contributed by atoms with Crippen LogP contribution in [0.4, 0.5) is 0 Å². The van der Waals surface area contributed by atoms with Crippen molar-refractivity contribution in [1.29, 1.82) is 0 Å². The smallest absolute Gasteiger partial charge is 0.250 e. The number of hydrogen-bond donors (Lipinski definition) is 1. The monoisotopic (exact) mass is 300 g/mol. The highest BCUT2D eigenvalue weighted by Gasteiger charge is 2.44. The molecule has 2 heterocycles. The molecule has 0 aliphatic carbocycles. The van der Waals surface area contributed by atoms with Gasteiger partial charge in [0.25, 0.3) is 0 Å². The molecule has 1 spiro atoms. The van der Waals surface area contributed by atoms with Crippen LogP contribution in [0, 0.1) is 5.92 Å². The van der Waals surface area contributed by atoms with Crippen LogP contribution < -0.4 is 5.32 Å². The number of nitrogens with one attached hydrogen (secondary N) is 1. The molecule has 0 unspecified atom stereocenters. The van der Waals surface area contributed by atoms with Crippen LogP contribution in [-0.2, 0) is 4.79 Å². The van der Waals surface area contributed by atoms with E-state index in [2.05, 4.69) is 37.1 Å². The number of unbranched alkanes of at least 4 members (excludes halogenated alkanes) is 1. The summed E-state index contributed by atoms with van der Waals surface area (Å²) < 4.78 is 0. The first-order valence-corrected chi connectivity index (χ1v) is 7.83. The molecule has 1 amide bonds. The summed E-state index contributed by atoms with van der Waals surface area (Å²) in [5.41, 5.74) is 1.09. The maximum Gasteiger partial charge on any atom is 0.250 e. The van der Waals surface area contributed by atoms with Crippen LogP contribution >= 0.6 is 12.4 Å². The minimum Gasteiger partial charge on any atom is -0.330 e. The van der Waals surface area contributed by atoms with Gasteiger partial charge in [-0.1, -0.05) is 33.3 Å². The Labute approximate surface area is 129 Å². The fourth-order valence-electron chi connectivity index (χ4n) is 3.34. The van der Waals surface area contributed by atoms with Crippen molar-refractivity contribution < 1.29 is 4.79 Å². The van der Waals surface area contributed by atoms with Gasteiger partial charge in [-0.25, -0.2) is 0 Å². The minimum absolute atomic E-state index is 0. The van der Waals surface area contributed by atoms with E-state index in [0.29, 0.717) is 11.8 Å². The number of piperidine rings is 1. The maximum absolute atomic E-state index is 12.7. The van der Waals surface area contributed by atoms with Crippen LogP contribution in [0.5, 0.6) is 0 Å². The minimum atomic E-state index is 0. The van der Waals surface area contributed by atoms with E-state index in [9.17, 15) is 4.79 Å². The van der Waals surface area contributed by atoms with Gasteiger partial charge in [0.15, 0.2) is 0 Å². The van der Waals surface area contributed by atoms with E-state index in [1.165, 1.54) is 0 Å². The molecule has 2 aliphatic rings. The number of hydrogen-bond acceptors (Lipinski definition) is 2. The number of nitrogens with zero attached hydrogens (tertiary/aromatic N) is 1. The molecule has 0 bridgehead atoms. The highest BCUT2D eigenvalue weighted by Crippen LogP contribution is 2.37. The average Bonchev–Trinajstić information content (AvgIpc) is 2.60. The van der Waals surface area contributed by atoms with E-state index in [0.717, 1.165) is 57.3 Å². The first kappa shape index (κ1) is 17.5. The molecule has 1 fully saturated rings. The standard InChI is InChI=1S/C16H28N2O.ClH/c1-4-5-10-18-15(19)14(11-13(2)3)12-16(18)6-8-17-9-7-16;/h12-13,17H,4-11H2,1-3H3;1H. The summed E-state index contributed by atoms with van der Waals surface area (Å²) in [6.45, 7) is 9.56. The molecule has 20 heavy (non-hydrogen) atoms. The van der Waals surface area contributed by atoms with Crippen molar-refractivity contribution in [3.63, 3.8) is 0 Å². The number of carbonyl (C=O) groups excluding carboxylic acids is 1. The molecule has 2 aliphatic heterocycles. The van der Waals surface area contributed by atoms with Crippen LogP contribution in [-0.4, -0.2) is 36.0 Å². The third-order valence-electron chi connectivity index (χ3n) is 4.33. The Kier molecular flexibility index (Phi) is 6.53. The molecule has 1 saturated heterocycles. The summed E-state index contributed by atoms with van der Waals surface area (Å²) in [5, 5.41) is 3.42. The zero-order valence-electron chi connectivity index (χ0n) is 13.1. The van der Waals surface area contributed by atoms with Crippen molar-refractivity contribution in [3.05, 3.63) is 11.6 Å². The molecule has 2 rings (SSSR count). The molecule has 116 valence electrons. The molecule has 0 radical (unpaired) electrons. The zero-order valence-corrected chi connectivity index (χ0v) is 13.9. The lowest BCUT2D eigenvalue weighted by Gasteiger charge is -2.41. The van der Waals surface area contributed by atoms with Gasteiger partial charge in [-0.15, -0.1) is 12.4 Å². The molecule has 0 aromatic rings. The normalized spacial score (nSPS) is 21.3. The SMILES string of the molecule is CCCCN1C(=O)C(CC(C)C)=CC12CCNCC2.Cl. The fraction of sp³-hybridized carbons (Fsp3) is 0.812. The van der Waals surface area contributed by atoms with Gasteiger partial charge in [0, 0.05) is 12.1 Å². The largest absolute Gasteiger partial charge is 0.330 e. The summed E-state index contributed by atoms with van der Waals surface area (Å²) in [5.74, 6) is 0.865. The van der Waals surface area contributed by atoms with Crippen LogP contribution in [0.25, 0.3) is 0 Å². The molecule has 1 N–H and O–H groups in total. The first-order valence-electron chi connectivity index (χ1n) is 7.83. The third-order valence-corrected chi connectivity index (χ3v) is 4.33. The molecular formula is C16H29ClN2O. The van der Waals surface area contributed by atoms with Crippen LogP contribution in [0.15, 0.2) is 11.6 Å². The van der Waals surface area contributed by atoms with E-state index in [1.807, 2.05) is 0 Å². The Balaban J connectivity index is 0.00000200. The van der Waals surface area contributed by atoms with Crippen molar-refractivity contribution in [3.8, 4) is 0 Å². The van der Waals surface area contributed by atoms with Gasteiger partial charge in [-0.2, -0.15) is 0 Å². The van der Waals surface area contributed by atoms with Crippen LogP contribution in [0.2, 0.25) is 0 Å². The predicted molar refractivity (Wildman–Crippen MR) is 86.2 cm³/mol. The molecular weight excluding hydrogens is 272 g/mol. The highest BCUT2D eigenvalue weighted by atomic mass is 35.5. The molecule has 0 atom stereocenters. The lowest BCUT2D eigenvalue weighted by molar-refractivity contribution is -0.130. The summed E-state index contributed by atoms with van der Waals surface area (Å²) in [4.78, 5) is 14.8. The van der Waals surface area contributed by atoms with Crippen molar-refractivity contribution in [2.24, 2.45) is 5.92 Å². The Hall–Kier alpha value is -0.540. The molecule has 4 heteroatoms. The zero-order chi connectivity index (χ0) is 13.9. The first-order chi connectivity index (χ1) is 9.09. The van der Waals surface area contributed by atoms with Gasteiger partial charge >= 0.3 is 0 Å². The average molecular weight is 301 g/mol. The van der Waals surface area contributed by atoms with Gasteiger partial charge < -0.3 is 10.2 Å². The predicted octanol–water partition coefficient (Wildman–Crippen LogP) is 3.15. The number of halogens is 1. The van der Waals surface area contributed by atoms with E-state index in [4.69, 9.17) is 0 Å². The van der Waals surface area contributed by atoms with Crippen LogP contribution in [0.3, 0.4) is 0 Å². The quantitative estimate of drug-likeness (QED) is 0.846. The van der Waals surface area contributed by atoms with Crippen molar-refractivity contribution in [2.75, 3.05) is 19.6 Å². The summed E-state index contributed by atoms with van der Waals surface area (Å²) in [6.07, 6.45) is 7.65. The Bertz CT molecular complexity index is 359. The van der Waals surface area contributed by atoms with E-state index in [1.54, 1.807) is 0 Å². The number of rotatable bonds is 5. The Morgan fingerprint density at radius 3 is 2.55 bits per heavy atom. The van der Waals surface area contributed by atoms with E-state index in [-0.39, 0.29) is 17.9 Å². The lowest BCUT2D eigenvalue weighted by Crippen LogP contribution is -2.52. The molecule has 0 saturated carbocycles. The second-order valence-corrected chi connectivity index (χ2v) is 6.43. The van der Waals surface area contributed by atoms with Crippen molar-refractivity contribution in [1.82, 2.24) is 10.2 Å². The van der Waals surface area contributed by atoms with Crippen molar-refractivity contribution >= 4 is 18.3 Å². The van der Waals surface area contributed by atoms with Gasteiger partial charge in [-0.3, -0.25) is 4.79 Å². The summed E-state index contributed by atoms with van der Waals surface area (Å²) in [7, 11) is 0. The van der Waals surface area contributed by atoms with Gasteiger partial charge in [0.05, 0.1) is 5.54 Å². The second-order valence-electron chi connectivity index (χ2n) is 6.43. The van der Waals surface area contributed by atoms with Gasteiger partial charge in [0.1, 0.15) is 0 Å². The highest BCUT2D eigenvalue weighted by molar-refractivity contribution is 5.97. The number of carbonyl (C=O) groups is 1. The van der Waals surface area contributed by atoms with Crippen LogP contribution in [0.1, 0.15) is 52.9 Å². The van der Waals surface area contributed by atoms with Gasteiger partial charge in [-0.05, 0) is 44.7 Å². The van der Waals surface area contributed by atoms with E-state index >= 15 is 0 Å². The van der Waals surface area contributed by atoms with E-state index < -0.39 is 0 Å². The van der Waals surface area contributed by atoms with Crippen molar-refractivity contribution in [2.45, 2.75) is 58.4 Å². The van der Waals surface area contributed by atoms with Gasteiger partial charge in [0.2, 0.25) is 5.91 Å². The molecule has 0 aromatic heterocycles. The lowest BCUT2D eigenvalue weighted by atomic mass is 9.87. The summed E-state index contributed by atoms with van der Waals surface area (Å²) in [6, 6.07) is 0. The molecule has 0 aromatic carbocycles. The summed E-state index contributed by atoms with van der Waals surface area (Å²) >= 11 is 0. The third kappa shape index (κ3) is 3.56. The molecule has 3 nitrogen and oxygen atoms in total. The Morgan fingerprint density at radius 1 is 1.35 bits per heavy atom. The maximum atomic E-state index is 12.7. The fourth-order valence-corrected chi connectivity index (χ4v) is 3.34.